The fourth-order valence-corrected chi connectivity index (χ4v) is 2.90. The van der Waals surface area contributed by atoms with Crippen LogP contribution in [0.3, 0.4) is 0 Å². The van der Waals surface area contributed by atoms with E-state index in [4.69, 9.17) is 0 Å². The summed E-state index contributed by atoms with van der Waals surface area (Å²) in [4.78, 5) is 18.9. The standard InChI is InChI=1S/C17H17N5O2/c18-12-15-11-16(22(23)24)1-2-17(15)21-9-7-20(8-10-21)13-14-3-5-19-6-4-14/h1-6,11H,7-10,13H2. The molecule has 2 heterocycles. The quantitative estimate of drug-likeness (QED) is 0.633. The van der Waals surface area contributed by atoms with Gasteiger partial charge in [-0.25, -0.2) is 0 Å². The lowest BCUT2D eigenvalue weighted by Gasteiger charge is -2.36. The summed E-state index contributed by atoms with van der Waals surface area (Å²) < 4.78 is 0. The highest BCUT2D eigenvalue weighted by Crippen LogP contribution is 2.26. The molecule has 0 N–H and O–H groups in total. The minimum atomic E-state index is -0.475. The number of nitrogens with zero attached hydrogens (tertiary/aromatic N) is 5. The van der Waals surface area contributed by atoms with E-state index in [2.05, 4.69) is 20.9 Å². The van der Waals surface area contributed by atoms with Crippen LogP contribution < -0.4 is 4.90 Å². The summed E-state index contributed by atoms with van der Waals surface area (Å²) in [5.41, 5.74) is 2.30. The van der Waals surface area contributed by atoms with Crippen molar-refractivity contribution in [2.24, 2.45) is 0 Å². The minimum Gasteiger partial charge on any atom is -0.368 e. The number of benzene rings is 1. The summed E-state index contributed by atoms with van der Waals surface area (Å²) in [6, 6.07) is 10.6. The van der Waals surface area contributed by atoms with E-state index in [1.807, 2.05) is 12.1 Å². The van der Waals surface area contributed by atoms with Gasteiger partial charge in [0.25, 0.3) is 5.69 Å². The molecule has 1 aromatic heterocycles. The van der Waals surface area contributed by atoms with Crippen LogP contribution in [0.1, 0.15) is 11.1 Å². The zero-order valence-corrected chi connectivity index (χ0v) is 13.1. The molecule has 1 aromatic carbocycles. The molecule has 0 aliphatic carbocycles. The number of anilines is 1. The van der Waals surface area contributed by atoms with Crippen LogP contribution in [-0.2, 0) is 6.54 Å². The average Bonchev–Trinajstić information content (AvgIpc) is 2.62. The van der Waals surface area contributed by atoms with Crippen molar-refractivity contribution >= 4 is 11.4 Å². The predicted molar refractivity (Wildman–Crippen MR) is 89.5 cm³/mol. The summed E-state index contributed by atoms with van der Waals surface area (Å²) in [6.45, 7) is 4.21. The van der Waals surface area contributed by atoms with Crippen molar-refractivity contribution in [1.29, 1.82) is 5.26 Å². The van der Waals surface area contributed by atoms with Crippen molar-refractivity contribution in [3.8, 4) is 6.07 Å². The summed E-state index contributed by atoms with van der Waals surface area (Å²) >= 11 is 0. The number of nitriles is 1. The first-order valence-corrected chi connectivity index (χ1v) is 7.72. The van der Waals surface area contributed by atoms with Crippen LogP contribution in [0.5, 0.6) is 0 Å². The first kappa shape index (κ1) is 15.9. The Balaban J connectivity index is 1.66. The SMILES string of the molecule is N#Cc1cc([N+](=O)[O-])ccc1N1CCN(Cc2ccncc2)CC1. The second-order valence-electron chi connectivity index (χ2n) is 5.69. The smallest absolute Gasteiger partial charge is 0.270 e. The van der Waals surface area contributed by atoms with E-state index in [9.17, 15) is 15.4 Å². The molecule has 0 bridgehead atoms. The van der Waals surface area contributed by atoms with Crippen LogP contribution in [0.2, 0.25) is 0 Å². The molecule has 0 atom stereocenters. The fraction of sp³-hybridized carbons (Fsp3) is 0.294. The molecule has 122 valence electrons. The van der Waals surface area contributed by atoms with Crippen LogP contribution in [0, 0.1) is 21.4 Å². The first-order chi connectivity index (χ1) is 11.7. The molecule has 1 aliphatic heterocycles. The lowest BCUT2D eigenvalue weighted by atomic mass is 10.1. The molecule has 0 spiro atoms. The second kappa shape index (κ2) is 7.06. The summed E-state index contributed by atoms with van der Waals surface area (Å²) in [5.74, 6) is 0. The molecule has 0 unspecified atom stereocenters. The number of pyridine rings is 1. The van der Waals surface area contributed by atoms with Gasteiger partial charge in [-0.1, -0.05) is 0 Å². The number of nitro benzene ring substituents is 1. The highest BCUT2D eigenvalue weighted by atomic mass is 16.6. The molecule has 1 aliphatic rings. The number of rotatable bonds is 4. The van der Waals surface area contributed by atoms with Gasteiger partial charge >= 0.3 is 0 Å². The van der Waals surface area contributed by atoms with Gasteiger partial charge in [-0.2, -0.15) is 5.26 Å². The minimum absolute atomic E-state index is 0.0494. The molecule has 0 amide bonds. The third-order valence-electron chi connectivity index (χ3n) is 4.18. The third-order valence-corrected chi connectivity index (χ3v) is 4.18. The molecule has 0 radical (unpaired) electrons. The van der Waals surface area contributed by atoms with Gasteiger partial charge in [-0.05, 0) is 23.8 Å². The normalized spacial score (nSPS) is 15.0. The van der Waals surface area contributed by atoms with Gasteiger partial charge in [-0.3, -0.25) is 20.0 Å². The Kier molecular flexibility index (Phi) is 4.68. The van der Waals surface area contributed by atoms with Gasteiger partial charge in [0.2, 0.25) is 0 Å². The highest BCUT2D eigenvalue weighted by molar-refractivity contribution is 5.63. The Morgan fingerprint density at radius 1 is 1.17 bits per heavy atom. The van der Waals surface area contributed by atoms with Crippen LogP contribution in [0.25, 0.3) is 0 Å². The molecule has 0 saturated carbocycles. The number of hydrogen-bond donors (Lipinski definition) is 0. The van der Waals surface area contributed by atoms with Crippen LogP contribution in [-0.4, -0.2) is 41.0 Å². The summed E-state index contributed by atoms with van der Waals surface area (Å²) in [5, 5.41) is 20.1. The van der Waals surface area contributed by atoms with Crippen LogP contribution in [0.4, 0.5) is 11.4 Å². The Hall–Kier alpha value is -2.98. The maximum Gasteiger partial charge on any atom is 0.270 e. The largest absolute Gasteiger partial charge is 0.368 e. The van der Waals surface area contributed by atoms with E-state index >= 15 is 0 Å². The van der Waals surface area contributed by atoms with E-state index in [1.54, 1.807) is 18.5 Å². The number of piperazine rings is 1. The van der Waals surface area contributed by atoms with Gasteiger partial charge in [0.05, 0.1) is 16.2 Å². The van der Waals surface area contributed by atoms with Crippen LogP contribution in [0.15, 0.2) is 42.7 Å². The average molecular weight is 323 g/mol. The molecule has 1 fully saturated rings. The van der Waals surface area contributed by atoms with Gasteiger partial charge in [0.1, 0.15) is 6.07 Å². The highest BCUT2D eigenvalue weighted by Gasteiger charge is 2.21. The Morgan fingerprint density at radius 3 is 2.50 bits per heavy atom. The molecular formula is C17H17N5O2. The van der Waals surface area contributed by atoms with E-state index in [1.165, 1.54) is 17.7 Å². The maximum atomic E-state index is 10.8. The summed E-state index contributed by atoms with van der Waals surface area (Å²) in [7, 11) is 0. The van der Waals surface area contributed by atoms with Crippen molar-refractivity contribution < 1.29 is 4.92 Å². The number of nitro groups is 1. The molecule has 2 aromatic rings. The second-order valence-corrected chi connectivity index (χ2v) is 5.69. The summed E-state index contributed by atoms with van der Waals surface area (Å²) in [6.07, 6.45) is 3.59. The molecule has 24 heavy (non-hydrogen) atoms. The molecular weight excluding hydrogens is 306 g/mol. The third kappa shape index (κ3) is 3.50. The number of aromatic nitrogens is 1. The topological polar surface area (TPSA) is 86.3 Å². The number of non-ortho nitro benzene ring substituents is 1. The Morgan fingerprint density at radius 2 is 1.88 bits per heavy atom. The predicted octanol–water partition coefficient (Wildman–Crippen LogP) is 2.18. The molecule has 7 nitrogen and oxygen atoms in total. The molecule has 7 heteroatoms. The molecule has 3 rings (SSSR count). The van der Waals surface area contributed by atoms with Crippen molar-refractivity contribution in [3.63, 3.8) is 0 Å². The number of hydrogen-bond acceptors (Lipinski definition) is 6. The van der Waals surface area contributed by atoms with Gasteiger partial charge in [0.15, 0.2) is 0 Å². The van der Waals surface area contributed by atoms with E-state index < -0.39 is 4.92 Å². The van der Waals surface area contributed by atoms with Crippen molar-refractivity contribution in [1.82, 2.24) is 9.88 Å². The van der Waals surface area contributed by atoms with Gasteiger partial charge in [-0.15, -0.1) is 0 Å². The lowest BCUT2D eigenvalue weighted by molar-refractivity contribution is -0.384. The maximum absolute atomic E-state index is 10.8. The van der Waals surface area contributed by atoms with Crippen LogP contribution >= 0.6 is 0 Å². The van der Waals surface area contributed by atoms with E-state index in [0.717, 1.165) is 38.4 Å². The van der Waals surface area contributed by atoms with Crippen molar-refractivity contribution in [2.75, 3.05) is 31.1 Å². The van der Waals surface area contributed by atoms with Crippen molar-refractivity contribution in [3.05, 3.63) is 64.0 Å². The Labute approximate surface area is 139 Å². The zero-order chi connectivity index (χ0) is 16.9. The van der Waals surface area contributed by atoms with Gasteiger partial charge in [0, 0.05) is 57.3 Å². The Bertz CT molecular complexity index is 764. The van der Waals surface area contributed by atoms with E-state index in [0.29, 0.717) is 5.56 Å². The van der Waals surface area contributed by atoms with E-state index in [-0.39, 0.29) is 5.69 Å². The fourth-order valence-electron chi connectivity index (χ4n) is 2.90. The first-order valence-electron chi connectivity index (χ1n) is 7.72. The monoisotopic (exact) mass is 323 g/mol. The van der Waals surface area contributed by atoms with Gasteiger partial charge < -0.3 is 4.90 Å². The lowest BCUT2D eigenvalue weighted by Crippen LogP contribution is -2.46. The zero-order valence-electron chi connectivity index (χ0n) is 13.1. The van der Waals surface area contributed by atoms with Crippen molar-refractivity contribution in [2.45, 2.75) is 6.54 Å². The molecule has 1 saturated heterocycles.